The second-order valence-corrected chi connectivity index (χ2v) is 2.75. The summed E-state index contributed by atoms with van der Waals surface area (Å²) in [4.78, 5) is 0. The fraction of sp³-hybridized carbons (Fsp3) is 0.857. The Balaban J connectivity index is 2.98. The second kappa shape index (κ2) is 5.23. The molecule has 60 valence electrons. The van der Waals surface area contributed by atoms with Gasteiger partial charge in [0.2, 0.25) is 0 Å². The number of hydrogen-bond acceptors (Lipinski definition) is 2. The van der Waals surface area contributed by atoms with Gasteiger partial charge in [0.15, 0.2) is 0 Å². The van der Waals surface area contributed by atoms with Crippen LogP contribution in [0.25, 0.3) is 0 Å². The first kappa shape index (κ1) is 9.43. The lowest BCUT2D eigenvalue weighted by molar-refractivity contribution is 0.605. The molecule has 0 aliphatic heterocycles. The summed E-state index contributed by atoms with van der Waals surface area (Å²) in [5.41, 5.74) is 10.7. The van der Waals surface area contributed by atoms with Crippen molar-refractivity contribution in [3.05, 3.63) is 0 Å². The monoisotopic (exact) mass is 143 g/mol. The molecule has 0 saturated carbocycles. The third kappa shape index (κ3) is 7.43. The molecule has 0 saturated heterocycles. The summed E-state index contributed by atoms with van der Waals surface area (Å²) < 4.78 is 0. The minimum Gasteiger partial charge on any atom is -0.388 e. The van der Waals surface area contributed by atoms with Crippen LogP contribution in [0.15, 0.2) is 0 Å². The molecule has 0 heterocycles. The molecule has 5 N–H and O–H groups in total. The fourth-order valence-corrected chi connectivity index (χ4v) is 0.782. The molecule has 1 unspecified atom stereocenters. The topological polar surface area (TPSA) is 75.9 Å². The van der Waals surface area contributed by atoms with E-state index < -0.39 is 0 Å². The van der Waals surface area contributed by atoms with E-state index in [0.717, 1.165) is 19.3 Å². The van der Waals surface area contributed by atoms with E-state index in [9.17, 15) is 0 Å². The van der Waals surface area contributed by atoms with Crippen LogP contribution in [0.2, 0.25) is 0 Å². The Morgan fingerprint density at radius 2 is 2.10 bits per heavy atom. The largest absolute Gasteiger partial charge is 0.388 e. The van der Waals surface area contributed by atoms with Crippen molar-refractivity contribution in [1.82, 2.24) is 0 Å². The van der Waals surface area contributed by atoms with Crippen LogP contribution in [0.3, 0.4) is 0 Å². The van der Waals surface area contributed by atoms with Crippen LogP contribution in [-0.4, -0.2) is 11.9 Å². The Kier molecular flexibility index (Phi) is 4.94. The van der Waals surface area contributed by atoms with Gasteiger partial charge in [0, 0.05) is 12.5 Å². The predicted molar refractivity (Wildman–Crippen MR) is 44.0 cm³/mol. The summed E-state index contributed by atoms with van der Waals surface area (Å²) in [6, 6.07) is 0.284. The first-order valence-corrected chi connectivity index (χ1v) is 3.71. The Hall–Kier alpha value is -0.570. The molecule has 3 nitrogen and oxygen atoms in total. The van der Waals surface area contributed by atoms with E-state index in [-0.39, 0.29) is 11.9 Å². The van der Waals surface area contributed by atoms with Gasteiger partial charge in [-0.2, -0.15) is 0 Å². The summed E-state index contributed by atoms with van der Waals surface area (Å²) in [5.74, 6) is 0.282. The van der Waals surface area contributed by atoms with E-state index in [2.05, 4.69) is 0 Å². The number of amidine groups is 1. The quantitative estimate of drug-likeness (QED) is 0.303. The SMILES string of the molecule is CC(N)CCCCC(=N)N. The third-order valence-electron chi connectivity index (χ3n) is 1.36. The molecule has 1 atom stereocenters. The molecule has 0 aromatic carbocycles. The van der Waals surface area contributed by atoms with Gasteiger partial charge in [-0.3, -0.25) is 5.41 Å². The summed E-state index contributed by atoms with van der Waals surface area (Å²) in [6.07, 6.45) is 3.83. The lowest BCUT2D eigenvalue weighted by Crippen LogP contribution is -2.15. The molecular weight excluding hydrogens is 126 g/mol. The molecule has 0 aliphatic carbocycles. The first-order valence-electron chi connectivity index (χ1n) is 3.71. The van der Waals surface area contributed by atoms with Crippen LogP contribution in [0.1, 0.15) is 32.6 Å². The second-order valence-electron chi connectivity index (χ2n) is 2.75. The minimum absolute atomic E-state index is 0.282. The normalized spacial score (nSPS) is 13.0. The van der Waals surface area contributed by atoms with E-state index in [1.54, 1.807) is 0 Å². The molecule has 0 aliphatic rings. The molecule has 0 bridgehead atoms. The van der Waals surface area contributed by atoms with Crippen molar-refractivity contribution in [1.29, 1.82) is 5.41 Å². The summed E-state index contributed by atoms with van der Waals surface area (Å²) in [6.45, 7) is 1.99. The maximum Gasteiger partial charge on any atom is 0.0905 e. The number of unbranched alkanes of at least 4 members (excludes halogenated alkanes) is 1. The zero-order valence-electron chi connectivity index (χ0n) is 6.56. The zero-order chi connectivity index (χ0) is 7.98. The van der Waals surface area contributed by atoms with Crippen LogP contribution in [0.5, 0.6) is 0 Å². The number of rotatable bonds is 5. The highest BCUT2D eigenvalue weighted by molar-refractivity contribution is 5.76. The minimum atomic E-state index is 0.282. The van der Waals surface area contributed by atoms with Crippen LogP contribution < -0.4 is 11.5 Å². The number of nitrogens with two attached hydrogens (primary N) is 2. The molecule has 0 radical (unpaired) electrons. The average Bonchev–Trinajstić information content (AvgIpc) is 1.79. The van der Waals surface area contributed by atoms with Crippen molar-refractivity contribution < 1.29 is 0 Å². The molecule has 0 amide bonds. The lowest BCUT2D eigenvalue weighted by Gasteiger charge is -2.02. The van der Waals surface area contributed by atoms with Gasteiger partial charge in [0.05, 0.1) is 5.84 Å². The van der Waals surface area contributed by atoms with Gasteiger partial charge in [-0.15, -0.1) is 0 Å². The van der Waals surface area contributed by atoms with Gasteiger partial charge in [0.1, 0.15) is 0 Å². The van der Waals surface area contributed by atoms with Gasteiger partial charge in [0.25, 0.3) is 0 Å². The van der Waals surface area contributed by atoms with Crippen molar-refractivity contribution in [2.24, 2.45) is 11.5 Å². The van der Waals surface area contributed by atoms with Crippen molar-refractivity contribution in [2.45, 2.75) is 38.6 Å². The Morgan fingerprint density at radius 1 is 1.50 bits per heavy atom. The van der Waals surface area contributed by atoms with E-state index in [1.165, 1.54) is 0 Å². The van der Waals surface area contributed by atoms with E-state index in [4.69, 9.17) is 16.9 Å². The molecule has 0 aromatic rings. The van der Waals surface area contributed by atoms with Crippen molar-refractivity contribution in [3.63, 3.8) is 0 Å². The standard InChI is InChI=1S/C7H17N3/c1-6(8)4-2-3-5-7(9)10/h6H,2-5,8H2,1H3,(H3,9,10). The molecule has 10 heavy (non-hydrogen) atoms. The van der Waals surface area contributed by atoms with E-state index in [0.29, 0.717) is 6.42 Å². The van der Waals surface area contributed by atoms with Gasteiger partial charge < -0.3 is 11.5 Å². The van der Waals surface area contributed by atoms with Crippen LogP contribution in [0, 0.1) is 5.41 Å². The van der Waals surface area contributed by atoms with Gasteiger partial charge in [-0.05, 0) is 19.8 Å². The van der Waals surface area contributed by atoms with Crippen LogP contribution >= 0.6 is 0 Å². The summed E-state index contributed by atoms with van der Waals surface area (Å²) >= 11 is 0. The Labute approximate surface area is 62.3 Å². The van der Waals surface area contributed by atoms with Crippen molar-refractivity contribution >= 4 is 5.84 Å². The van der Waals surface area contributed by atoms with E-state index >= 15 is 0 Å². The fourth-order valence-electron chi connectivity index (χ4n) is 0.782. The van der Waals surface area contributed by atoms with Crippen LogP contribution in [0.4, 0.5) is 0 Å². The highest BCUT2D eigenvalue weighted by atomic mass is 14.7. The Bertz CT molecular complexity index is 99.0. The maximum atomic E-state index is 6.93. The molecule has 0 aromatic heterocycles. The Morgan fingerprint density at radius 3 is 2.50 bits per heavy atom. The predicted octanol–water partition coefficient (Wildman–Crippen LogP) is 0.830. The molecule has 3 heteroatoms. The number of hydrogen-bond donors (Lipinski definition) is 3. The van der Waals surface area contributed by atoms with Crippen molar-refractivity contribution in [2.75, 3.05) is 0 Å². The van der Waals surface area contributed by atoms with Crippen LogP contribution in [-0.2, 0) is 0 Å². The van der Waals surface area contributed by atoms with Gasteiger partial charge >= 0.3 is 0 Å². The lowest BCUT2D eigenvalue weighted by atomic mass is 10.1. The van der Waals surface area contributed by atoms with Gasteiger partial charge in [-0.25, -0.2) is 0 Å². The highest BCUT2D eigenvalue weighted by Gasteiger charge is 1.94. The summed E-state index contributed by atoms with van der Waals surface area (Å²) in [5, 5.41) is 6.93. The molecule has 0 spiro atoms. The molecule has 0 rings (SSSR count). The van der Waals surface area contributed by atoms with Gasteiger partial charge in [-0.1, -0.05) is 6.42 Å². The van der Waals surface area contributed by atoms with E-state index in [1.807, 2.05) is 6.92 Å². The number of nitrogens with one attached hydrogen (secondary N) is 1. The maximum absolute atomic E-state index is 6.93. The highest BCUT2D eigenvalue weighted by Crippen LogP contribution is 2.00. The smallest absolute Gasteiger partial charge is 0.0905 e. The molecule has 0 fully saturated rings. The zero-order valence-corrected chi connectivity index (χ0v) is 6.56. The average molecular weight is 143 g/mol. The molecular formula is C7H17N3. The first-order chi connectivity index (χ1) is 4.63. The summed E-state index contributed by atoms with van der Waals surface area (Å²) in [7, 11) is 0. The van der Waals surface area contributed by atoms with Crippen molar-refractivity contribution in [3.8, 4) is 0 Å². The third-order valence-corrected chi connectivity index (χ3v) is 1.36.